The van der Waals surface area contributed by atoms with Crippen molar-refractivity contribution in [3.8, 4) is 0 Å². The third kappa shape index (κ3) is 2.51. The molecule has 8 nitrogen and oxygen atoms in total. The molecule has 0 radical (unpaired) electrons. The van der Waals surface area contributed by atoms with Crippen molar-refractivity contribution in [1.82, 2.24) is 29.5 Å². The fraction of sp³-hybridized carbons (Fsp3) is 0.250. The average molecular weight is 399 g/mol. The van der Waals surface area contributed by atoms with E-state index in [9.17, 15) is 0 Å². The van der Waals surface area contributed by atoms with Crippen LogP contribution in [0.25, 0.3) is 16.7 Å². The first-order valence-corrected chi connectivity index (χ1v) is 8.91. The molecular formula is C16H15BrN8. The first-order chi connectivity index (χ1) is 12.3. The van der Waals surface area contributed by atoms with E-state index >= 15 is 0 Å². The van der Waals surface area contributed by atoms with Crippen molar-refractivity contribution in [1.29, 1.82) is 0 Å². The minimum Gasteiger partial charge on any atom is -0.347 e. The van der Waals surface area contributed by atoms with Gasteiger partial charge in [-0.25, -0.2) is 4.98 Å². The minimum atomic E-state index is 0.526. The second-order valence-corrected chi connectivity index (χ2v) is 6.82. The van der Waals surface area contributed by atoms with Gasteiger partial charge in [0.2, 0.25) is 11.9 Å². The number of anilines is 2. The SMILES string of the molecule is Brc1cnn2c(NCc3nc4ccccc4[nH]3)nc(N3CCC3)nc12. The highest BCUT2D eigenvalue weighted by atomic mass is 79.9. The van der Waals surface area contributed by atoms with Crippen LogP contribution >= 0.6 is 15.9 Å². The fourth-order valence-electron chi connectivity index (χ4n) is 2.86. The summed E-state index contributed by atoms with van der Waals surface area (Å²) < 4.78 is 2.55. The van der Waals surface area contributed by atoms with E-state index in [1.54, 1.807) is 10.7 Å². The van der Waals surface area contributed by atoms with E-state index in [2.05, 4.69) is 51.2 Å². The molecule has 0 aliphatic carbocycles. The van der Waals surface area contributed by atoms with Crippen molar-refractivity contribution in [3.05, 3.63) is 40.8 Å². The molecule has 9 heteroatoms. The van der Waals surface area contributed by atoms with Crippen LogP contribution in [0.3, 0.4) is 0 Å². The Morgan fingerprint density at radius 2 is 2.04 bits per heavy atom. The predicted octanol–water partition coefficient (Wildman–Crippen LogP) is 2.59. The van der Waals surface area contributed by atoms with Crippen LogP contribution in [-0.4, -0.2) is 42.6 Å². The van der Waals surface area contributed by atoms with Crippen LogP contribution in [0.2, 0.25) is 0 Å². The van der Waals surface area contributed by atoms with Crippen LogP contribution in [0.15, 0.2) is 34.9 Å². The van der Waals surface area contributed by atoms with Gasteiger partial charge in [0.25, 0.3) is 0 Å². The van der Waals surface area contributed by atoms with Crippen molar-refractivity contribution in [2.75, 3.05) is 23.3 Å². The van der Waals surface area contributed by atoms with Crippen molar-refractivity contribution in [2.45, 2.75) is 13.0 Å². The van der Waals surface area contributed by atoms with Gasteiger partial charge in [-0.3, -0.25) is 0 Å². The van der Waals surface area contributed by atoms with Gasteiger partial charge in [0.1, 0.15) is 5.82 Å². The first kappa shape index (κ1) is 14.6. The monoisotopic (exact) mass is 398 g/mol. The molecule has 2 N–H and O–H groups in total. The van der Waals surface area contributed by atoms with Crippen molar-refractivity contribution in [2.24, 2.45) is 0 Å². The quantitative estimate of drug-likeness (QED) is 0.549. The maximum absolute atomic E-state index is 4.65. The number of benzene rings is 1. The molecule has 0 saturated carbocycles. The van der Waals surface area contributed by atoms with Gasteiger partial charge >= 0.3 is 0 Å². The number of H-pyrrole nitrogens is 1. The predicted molar refractivity (Wildman–Crippen MR) is 98.7 cm³/mol. The summed E-state index contributed by atoms with van der Waals surface area (Å²) in [5.74, 6) is 2.23. The van der Waals surface area contributed by atoms with Crippen LogP contribution in [0.4, 0.5) is 11.9 Å². The number of para-hydroxylation sites is 2. The number of nitrogens with zero attached hydrogens (tertiary/aromatic N) is 6. The zero-order valence-corrected chi connectivity index (χ0v) is 14.9. The molecule has 4 heterocycles. The van der Waals surface area contributed by atoms with Crippen molar-refractivity contribution >= 4 is 44.5 Å². The maximum Gasteiger partial charge on any atom is 0.230 e. The molecule has 4 aromatic rings. The highest BCUT2D eigenvalue weighted by Crippen LogP contribution is 2.24. The van der Waals surface area contributed by atoms with Gasteiger partial charge in [-0.05, 0) is 34.5 Å². The Morgan fingerprint density at radius 1 is 1.16 bits per heavy atom. The Bertz CT molecular complexity index is 1030. The second kappa shape index (κ2) is 5.69. The molecule has 0 amide bonds. The van der Waals surface area contributed by atoms with Crippen LogP contribution in [0.1, 0.15) is 12.2 Å². The standard InChI is InChI=1S/C16H15BrN8/c17-10-8-19-25-14(10)22-16(24-6-3-7-24)23-15(25)18-9-13-20-11-4-1-2-5-12(11)21-13/h1-2,4-5,8H,3,6-7,9H2,(H,20,21)(H,18,22,23). The van der Waals surface area contributed by atoms with E-state index < -0.39 is 0 Å². The van der Waals surface area contributed by atoms with Gasteiger partial charge in [0, 0.05) is 13.1 Å². The van der Waals surface area contributed by atoms with E-state index in [4.69, 9.17) is 0 Å². The molecule has 1 aliphatic heterocycles. The number of fused-ring (bicyclic) bond motifs is 2. The van der Waals surface area contributed by atoms with Crippen LogP contribution in [0.5, 0.6) is 0 Å². The highest BCUT2D eigenvalue weighted by molar-refractivity contribution is 9.10. The number of nitrogens with one attached hydrogen (secondary N) is 2. The Hall–Kier alpha value is -2.68. The van der Waals surface area contributed by atoms with Gasteiger partial charge in [0.05, 0.1) is 28.2 Å². The Balaban J connectivity index is 1.48. The largest absolute Gasteiger partial charge is 0.347 e. The number of halogens is 1. The van der Waals surface area contributed by atoms with E-state index in [0.717, 1.165) is 46.0 Å². The van der Waals surface area contributed by atoms with E-state index in [-0.39, 0.29) is 0 Å². The summed E-state index contributed by atoms with van der Waals surface area (Å²) in [6.07, 6.45) is 2.91. The number of hydrogen-bond donors (Lipinski definition) is 2. The maximum atomic E-state index is 4.65. The molecule has 1 saturated heterocycles. The molecule has 5 rings (SSSR count). The molecule has 25 heavy (non-hydrogen) atoms. The number of imidazole rings is 1. The second-order valence-electron chi connectivity index (χ2n) is 5.97. The summed E-state index contributed by atoms with van der Waals surface area (Å²) in [6, 6.07) is 7.98. The molecule has 0 bridgehead atoms. The normalized spacial score (nSPS) is 14.2. The van der Waals surface area contributed by atoms with Gasteiger partial charge in [0.15, 0.2) is 5.65 Å². The molecule has 1 aromatic carbocycles. The lowest BCUT2D eigenvalue weighted by molar-refractivity contribution is 0.599. The molecule has 0 unspecified atom stereocenters. The third-order valence-corrected chi connectivity index (χ3v) is 4.86. The Morgan fingerprint density at radius 3 is 2.84 bits per heavy atom. The highest BCUT2D eigenvalue weighted by Gasteiger charge is 2.20. The van der Waals surface area contributed by atoms with Gasteiger partial charge in [-0.15, -0.1) is 0 Å². The van der Waals surface area contributed by atoms with Gasteiger partial charge in [-0.2, -0.15) is 19.6 Å². The molecule has 126 valence electrons. The lowest BCUT2D eigenvalue weighted by atomic mass is 10.2. The van der Waals surface area contributed by atoms with Crippen LogP contribution in [0, 0.1) is 0 Å². The summed E-state index contributed by atoms with van der Waals surface area (Å²) in [5, 5.41) is 7.68. The third-order valence-electron chi connectivity index (χ3n) is 4.30. The molecular weight excluding hydrogens is 384 g/mol. The number of aromatic amines is 1. The molecule has 1 fully saturated rings. The van der Waals surface area contributed by atoms with Crippen LogP contribution < -0.4 is 10.2 Å². The number of aromatic nitrogens is 6. The van der Waals surface area contributed by atoms with Crippen molar-refractivity contribution in [3.63, 3.8) is 0 Å². The zero-order chi connectivity index (χ0) is 16.8. The fourth-order valence-corrected chi connectivity index (χ4v) is 3.21. The van der Waals surface area contributed by atoms with E-state index in [1.165, 1.54) is 6.42 Å². The van der Waals surface area contributed by atoms with Crippen molar-refractivity contribution < 1.29 is 0 Å². The summed E-state index contributed by atoms with van der Waals surface area (Å²) in [4.78, 5) is 19.3. The molecule has 0 spiro atoms. The summed E-state index contributed by atoms with van der Waals surface area (Å²) in [6.45, 7) is 2.51. The molecule has 1 aliphatic rings. The minimum absolute atomic E-state index is 0.526. The topological polar surface area (TPSA) is 87.0 Å². The van der Waals surface area contributed by atoms with E-state index in [1.807, 2.05) is 24.3 Å². The Kier molecular flexibility index (Phi) is 3.34. The summed E-state index contributed by atoms with van der Waals surface area (Å²) in [7, 11) is 0. The van der Waals surface area contributed by atoms with Gasteiger partial charge in [-0.1, -0.05) is 12.1 Å². The Labute approximate surface area is 151 Å². The lowest BCUT2D eigenvalue weighted by Gasteiger charge is -2.30. The zero-order valence-electron chi connectivity index (χ0n) is 13.3. The average Bonchev–Trinajstić information content (AvgIpc) is 3.15. The smallest absolute Gasteiger partial charge is 0.230 e. The number of rotatable bonds is 4. The number of hydrogen-bond acceptors (Lipinski definition) is 6. The van der Waals surface area contributed by atoms with Crippen LogP contribution in [-0.2, 0) is 6.54 Å². The summed E-state index contributed by atoms with van der Waals surface area (Å²) in [5.41, 5.74) is 2.73. The molecule has 0 atom stereocenters. The lowest BCUT2D eigenvalue weighted by Crippen LogP contribution is -2.38. The first-order valence-electron chi connectivity index (χ1n) is 8.12. The van der Waals surface area contributed by atoms with E-state index in [0.29, 0.717) is 12.5 Å². The molecule has 3 aromatic heterocycles. The van der Waals surface area contributed by atoms with Gasteiger partial charge < -0.3 is 15.2 Å². The summed E-state index contributed by atoms with van der Waals surface area (Å²) >= 11 is 3.51.